The van der Waals surface area contributed by atoms with Crippen LogP contribution in [0.3, 0.4) is 0 Å². The number of hydrogen-bond acceptors (Lipinski definition) is 4. The molecule has 6 nitrogen and oxygen atoms in total. The molecule has 0 radical (unpaired) electrons. The van der Waals surface area contributed by atoms with Crippen LogP contribution in [-0.2, 0) is 10.0 Å². The highest BCUT2D eigenvalue weighted by Gasteiger charge is 2.11. The Morgan fingerprint density at radius 1 is 1.28 bits per heavy atom. The number of nitrogens with zero attached hydrogens (tertiary/aromatic N) is 1. The second-order valence-electron chi connectivity index (χ2n) is 4.11. The SMILES string of the molecule is CN(C)CCS(=O)(=O)Nc1ccc(C(=O)O)cc1. The zero-order valence-electron chi connectivity index (χ0n) is 10.3. The Labute approximate surface area is 106 Å². The molecule has 0 amide bonds. The summed E-state index contributed by atoms with van der Waals surface area (Å²) in [5.74, 6) is -1.06. The van der Waals surface area contributed by atoms with E-state index in [1.807, 2.05) is 0 Å². The Morgan fingerprint density at radius 2 is 1.83 bits per heavy atom. The van der Waals surface area contributed by atoms with Gasteiger partial charge in [-0.2, -0.15) is 0 Å². The van der Waals surface area contributed by atoms with Crippen molar-refractivity contribution in [3.05, 3.63) is 29.8 Å². The lowest BCUT2D eigenvalue weighted by Crippen LogP contribution is -2.26. The lowest BCUT2D eigenvalue weighted by Gasteiger charge is -2.11. The average Bonchev–Trinajstić information content (AvgIpc) is 2.27. The predicted octanol–water partition coefficient (Wildman–Crippen LogP) is 0.688. The first kappa shape index (κ1) is 14.5. The van der Waals surface area contributed by atoms with E-state index in [9.17, 15) is 13.2 Å². The van der Waals surface area contributed by atoms with Gasteiger partial charge in [-0.05, 0) is 38.4 Å². The zero-order valence-corrected chi connectivity index (χ0v) is 11.1. The Hall–Kier alpha value is -1.60. The van der Waals surface area contributed by atoms with Gasteiger partial charge in [0.1, 0.15) is 0 Å². The summed E-state index contributed by atoms with van der Waals surface area (Å²) in [6.07, 6.45) is 0. The third-order valence-corrected chi connectivity index (χ3v) is 3.48. The summed E-state index contributed by atoms with van der Waals surface area (Å²) in [7, 11) is 0.176. The monoisotopic (exact) mass is 272 g/mol. The maximum absolute atomic E-state index is 11.7. The second kappa shape index (κ2) is 5.83. The fourth-order valence-corrected chi connectivity index (χ4v) is 2.42. The van der Waals surface area contributed by atoms with Gasteiger partial charge in [0.15, 0.2) is 0 Å². The maximum atomic E-state index is 11.7. The molecular weight excluding hydrogens is 256 g/mol. The van der Waals surface area contributed by atoms with Crippen LogP contribution in [0.1, 0.15) is 10.4 Å². The van der Waals surface area contributed by atoms with Gasteiger partial charge in [-0.15, -0.1) is 0 Å². The highest BCUT2D eigenvalue weighted by Crippen LogP contribution is 2.11. The normalized spacial score (nSPS) is 11.5. The number of sulfonamides is 1. The largest absolute Gasteiger partial charge is 0.478 e. The molecule has 0 fully saturated rings. The van der Waals surface area contributed by atoms with Crippen molar-refractivity contribution in [2.45, 2.75) is 0 Å². The van der Waals surface area contributed by atoms with Gasteiger partial charge >= 0.3 is 5.97 Å². The third kappa shape index (κ3) is 4.72. The standard InChI is InChI=1S/C11H16N2O4S/c1-13(2)7-8-18(16,17)12-10-5-3-9(4-6-10)11(14)15/h3-6,12H,7-8H2,1-2H3,(H,14,15). The van der Waals surface area contributed by atoms with E-state index in [1.54, 1.807) is 19.0 Å². The molecule has 0 aliphatic rings. The van der Waals surface area contributed by atoms with Crippen molar-refractivity contribution in [1.82, 2.24) is 4.90 Å². The lowest BCUT2D eigenvalue weighted by molar-refractivity contribution is 0.0697. The molecule has 0 aromatic heterocycles. The minimum Gasteiger partial charge on any atom is -0.478 e. The van der Waals surface area contributed by atoms with Crippen molar-refractivity contribution in [2.75, 3.05) is 31.1 Å². The summed E-state index contributed by atoms with van der Waals surface area (Å²) in [5.41, 5.74) is 0.477. The first-order valence-electron chi connectivity index (χ1n) is 5.29. The Kier molecular flexibility index (Phi) is 4.69. The maximum Gasteiger partial charge on any atom is 0.335 e. The van der Waals surface area contributed by atoms with Gasteiger partial charge in [0.05, 0.1) is 11.3 Å². The van der Waals surface area contributed by atoms with E-state index in [1.165, 1.54) is 24.3 Å². The number of hydrogen-bond donors (Lipinski definition) is 2. The molecule has 18 heavy (non-hydrogen) atoms. The van der Waals surface area contributed by atoms with Crippen molar-refractivity contribution < 1.29 is 18.3 Å². The number of benzene rings is 1. The molecule has 0 aliphatic carbocycles. The molecule has 0 heterocycles. The van der Waals surface area contributed by atoms with Gasteiger partial charge in [0, 0.05) is 12.2 Å². The van der Waals surface area contributed by atoms with Gasteiger partial charge < -0.3 is 10.0 Å². The summed E-state index contributed by atoms with van der Waals surface area (Å²) in [5, 5.41) is 8.71. The van der Waals surface area contributed by atoms with Crippen LogP contribution in [0.4, 0.5) is 5.69 Å². The first-order valence-corrected chi connectivity index (χ1v) is 6.94. The molecule has 0 saturated carbocycles. The fourth-order valence-electron chi connectivity index (χ4n) is 1.21. The average molecular weight is 272 g/mol. The van der Waals surface area contributed by atoms with Crippen LogP contribution in [0, 0.1) is 0 Å². The van der Waals surface area contributed by atoms with Crippen molar-refractivity contribution in [3.63, 3.8) is 0 Å². The smallest absolute Gasteiger partial charge is 0.335 e. The van der Waals surface area contributed by atoms with Crippen molar-refractivity contribution in [3.8, 4) is 0 Å². The molecule has 0 saturated heterocycles. The van der Waals surface area contributed by atoms with Gasteiger partial charge in [0.25, 0.3) is 0 Å². The predicted molar refractivity (Wildman–Crippen MR) is 69.4 cm³/mol. The Bertz CT molecular complexity index is 508. The van der Waals surface area contributed by atoms with Crippen LogP contribution in [-0.4, -0.2) is 50.8 Å². The van der Waals surface area contributed by atoms with Crippen LogP contribution in [0.25, 0.3) is 0 Å². The van der Waals surface area contributed by atoms with Crippen molar-refractivity contribution in [2.24, 2.45) is 0 Å². The molecule has 1 aromatic rings. The van der Waals surface area contributed by atoms with Crippen molar-refractivity contribution in [1.29, 1.82) is 0 Å². The number of aromatic carboxylic acids is 1. The molecular formula is C11H16N2O4S. The molecule has 0 atom stereocenters. The third-order valence-electron chi connectivity index (χ3n) is 2.21. The van der Waals surface area contributed by atoms with Gasteiger partial charge in [-0.25, -0.2) is 13.2 Å². The highest BCUT2D eigenvalue weighted by atomic mass is 32.2. The van der Waals surface area contributed by atoms with Crippen LogP contribution in [0.5, 0.6) is 0 Å². The van der Waals surface area contributed by atoms with E-state index in [-0.39, 0.29) is 11.3 Å². The second-order valence-corrected chi connectivity index (χ2v) is 5.95. The number of nitrogens with one attached hydrogen (secondary N) is 1. The van der Waals surface area contributed by atoms with E-state index >= 15 is 0 Å². The summed E-state index contributed by atoms with van der Waals surface area (Å²) in [4.78, 5) is 12.4. The minimum atomic E-state index is -3.40. The molecule has 100 valence electrons. The zero-order chi connectivity index (χ0) is 13.8. The summed E-state index contributed by atoms with van der Waals surface area (Å²) >= 11 is 0. The van der Waals surface area contributed by atoms with Gasteiger partial charge in [-0.3, -0.25) is 4.72 Å². The number of rotatable bonds is 6. The number of anilines is 1. The number of carbonyl (C=O) groups is 1. The van der Waals surface area contributed by atoms with Crippen LogP contribution in [0.2, 0.25) is 0 Å². The van der Waals surface area contributed by atoms with Crippen LogP contribution >= 0.6 is 0 Å². The van der Waals surface area contributed by atoms with Gasteiger partial charge in [-0.1, -0.05) is 0 Å². The molecule has 0 aliphatic heterocycles. The molecule has 0 unspecified atom stereocenters. The summed E-state index contributed by atoms with van der Waals surface area (Å²) in [6.45, 7) is 0.419. The van der Waals surface area contributed by atoms with E-state index in [0.717, 1.165) is 0 Å². The molecule has 1 rings (SSSR count). The van der Waals surface area contributed by atoms with E-state index < -0.39 is 16.0 Å². The molecule has 1 aromatic carbocycles. The first-order chi connectivity index (χ1) is 8.30. The Morgan fingerprint density at radius 3 is 2.28 bits per heavy atom. The van der Waals surface area contributed by atoms with E-state index in [2.05, 4.69) is 4.72 Å². The van der Waals surface area contributed by atoms with E-state index in [4.69, 9.17) is 5.11 Å². The molecule has 0 bridgehead atoms. The fraction of sp³-hybridized carbons (Fsp3) is 0.364. The Balaban J connectivity index is 2.69. The van der Waals surface area contributed by atoms with Gasteiger partial charge in [0.2, 0.25) is 10.0 Å². The number of carboxylic acid groups (broad SMARTS) is 1. The van der Waals surface area contributed by atoms with Crippen LogP contribution < -0.4 is 4.72 Å². The number of carboxylic acids is 1. The van der Waals surface area contributed by atoms with Crippen molar-refractivity contribution >= 4 is 21.7 Å². The molecule has 7 heteroatoms. The quantitative estimate of drug-likeness (QED) is 0.795. The summed E-state index contributed by atoms with van der Waals surface area (Å²) < 4.78 is 25.7. The summed E-state index contributed by atoms with van der Waals surface area (Å²) in [6, 6.07) is 5.56. The highest BCUT2D eigenvalue weighted by molar-refractivity contribution is 7.92. The molecule has 2 N–H and O–H groups in total. The lowest BCUT2D eigenvalue weighted by atomic mass is 10.2. The molecule has 0 spiro atoms. The topological polar surface area (TPSA) is 86.7 Å². The minimum absolute atomic E-state index is 0.0132. The van der Waals surface area contributed by atoms with Crippen LogP contribution in [0.15, 0.2) is 24.3 Å². The van der Waals surface area contributed by atoms with E-state index in [0.29, 0.717) is 12.2 Å².